The zero-order valence-electron chi connectivity index (χ0n) is 10.9. The molecule has 0 radical (unpaired) electrons. The molecule has 5 heteroatoms. The molecule has 0 fully saturated rings. The predicted octanol–water partition coefficient (Wildman–Crippen LogP) is 3.85. The van der Waals surface area contributed by atoms with Gasteiger partial charge in [0.15, 0.2) is 0 Å². The van der Waals surface area contributed by atoms with Crippen LogP contribution in [0.5, 0.6) is 0 Å². The van der Waals surface area contributed by atoms with Gasteiger partial charge in [-0.1, -0.05) is 31.5 Å². The van der Waals surface area contributed by atoms with E-state index in [1.165, 1.54) is 17.1 Å². The maximum atomic E-state index is 11.2. The van der Waals surface area contributed by atoms with Gasteiger partial charge < -0.3 is 10.4 Å². The SMILES string of the molecule is CCCc1ccccc1Nc1snc(C)c1C(=O)O. The molecule has 1 aromatic carbocycles. The van der Waals surface area contributed by atoms with E-state index in [1.54, 1.807) is 6.92 Å². The molecule has 0 saturated heterocycles. The molecule has 0 aliphatic heterocycles. The van der Waals surface area contributed by atoms with Gasteiger partial charge in [-0.05, 0) is 36.5 Å². The van der Waals surface area contributed by atoms with Crippen molar-refractivity contribution in [1.29, 1.82) is 0 Å². The first-order chi connectivity index (χ1) is 9.13. The van der Waals surface area contributed by atoms with E-state index in [-0.39, 0.29) is 5.56 Å². The van der Waals surface area contributed by atoms with Crippen molar-refractivity contribution < 1.29 is 9.90 Å². The molecular formula is C14H16N2O2S. The molecule has 2 rings (SSSR count). The first-order valence-electron chi connectivity index (χ1n) is 6.18. The fourth-order valence-corrected chi connectivity index (χ4v) is 2.76. The number of carboxylic acid groups (broad SMARTS) is 1. The normalized spacial score (nSPS) is 10.4. The van der Waals surface area contributed by atoms with Gasteiger partial charge >= 0.3 is 5.97 Å². The number of hydrogen-bond donors (Lipinski definition) is 2. The maximum absolute atomic E-state index is 11.2. The van der Waals surface area contributed by atoms with Crippen molar-refractivity contribution in [2.45, 2.75) is 26.7 Å². The molecule has 0 saturated carbocycles. The Kier molecular flexibility index (Phi) is 4.16. The van der Waals surface area contributed by atoms with Crippen LogP contribution in [-0.4, -0.2) is 15.4 Å². The Labute approximate surface area is 116 Å². The Morgan fingerprint density at radius 2 is 2.16 bits per heavy atom. The number of carboxylic acids is 1. The Balaban J connectivity index is 2.34. The number of nitrogens with zero attached hydrogens (tertiary/aromatic N) is 1. The predicted molar refractivity (Wildman–Crippen MR) is 77.5 cm³/mol. The lowest BCUT2D eigenvalue weighted by molar-refractivity contribution is 0.0697. The Bertz CT molecular complexity index is 593. The lowest BCUT2D eigenvalue weighted by Crippen LogP contribution is -2.02. The molecule has 0 aliphatic carbocycles. The minimum Gasteiger partial charge on any atom is -0.478 e. The average Bonchev–Trinajstić information content (AvgIpc) is 2.73. The average molecular weight is 276 g/mol. The summed E-state index contributed by atoms with van der Waals surface area (Å²) in [7, 11) is 0. The van der Waals surface area contributed by atoms with Crippen LogP contribution in [0.15, 0.2) is 24.3 Å². The van der Waals surface area contributed by atoms with E-state index in [0.29, 0.717) is 10.7 Å². The van der Waals surface area contributed by atoms with Gasteiger partial charge in [-0.3, -0.25) is 0 Å². The summed E-state index contributed by atoms with van der Waals surface area (Å²) in [5, 5.41) is 13.0. The third-order valence-corrected chi connectivity index (χ3v) is 3.72. The number of aryl methyl sites for hydroxylation is 2. The van der Waals surface area contributed by atoms with Crippen molar-refractivity contribution >= 4 is 28.2 Å². The number of benzene rings is 1. The number of hydrogen-bond acceptors (Lipinski definition) is 4. The zero-order valence-corrected chi connectivity index (χ0v) is 11.8. The fraction of sp³-hybridized carbons (Fsp3) is 0.286. The van der Waals surface area contributed by atoms with Gasteiger partial charge in [-0.25, -0.2) is 4.79 Å². The molecular weight excluding hydrogens is 260 g/mol. The molecule has 1 aromatic heterocycles. The lowest BCUT2D eigenvalue weighted by Gasteiger charge is -2.10. The molecule has 0 atom stereocenters. The molecule has 100 valence electrons. The minimum absolute atomic E-state index is 0.260. The van der Waals surface area contributed by atoms with E-state index < -0.39 is 5.97 Å². The number of para-hydroxylation sites is 1. The second-order valence-electron chi connectivity index (χ2n) is 4.31. The van der Waals surface area contributed by atoms with E-state index in [0.717, 1.165) is 18.5 Å². The third-order valence-electron chi connectivity index (χ3n) is 2.86. The summed E-state index contributed by atoms with van der Waals surface area (Å²) in [5.41, 5.74) is 2.95. The Hall–Kier alpha value is -1.88. The molecule has 2 N–H and O–H groups in total. The summed E-state index contributed by atoms with van der Waals surface area (Å²) < 4.78 is 4.11. The van der Waals surface area contributed by atoms with Crippen molar-refractivity contribution in [1.82, 2.24) is 4.37 Å². The molecule has 0 aliphatic rings. The standard InChI is InChI=1S/C14H16N2O2S/c1-3-6-10-7-4-5-8-11(10)15-13-12(14(17)18)9(2)16-19-13/h4-5,7-8,15H,3,6H2,1-2H3,(H,17,18). The first kappa shape index (κ1) is 13.5. The number of carbonyl (C=O) groups is 1. The molecule has 0 bridgehead atoms. The Morgan fingerprint density at radius 3 is 2.84 bits per heavy atom. The van der Waals surface area contributed by atoms with Crippen LogP contribution in [0, 0.1) is 6.92 Å². The number of nitrogens with one attached hydrogen (secondary N) is 1. The van der Waals surface area contributed by atoms with E-state index in [1.807, 2.05) is 18.2 Å². The number of rotatable bonds is 5. The van der Waals surface area contributed by atoms with Crippen molar-refractivity contribution in [3.63, 3.8) is 0 Å². The van der Waals surface area contributed by atoms with Crippen LogP contribution in [0.1, 0.15) is 35.0 Å². The third kappa shape index (κ3) is 2.93. The van der Waals surface area contributed by atoms with Gasteiger partial charge in [0.2, 0.25) is 0 Å². The van der Waals surface area contributed by atoms with Gasteiger partial charge in [0.05, 0.1) is 5.69 Å². The molecule has 2 aromatic rings. The second kappa shape index (κ2) is 5.84. The minimum atomic E-state index is -0.943. The highest BCUT2D eigenvalue weighted by molar-refractivity contribution is 7.10. The van der Waals surface area contributed by atoms with Gasteiger partial charge in [0.25, 0.3) is 0 Å². The highest BCUT2D eigenvalue weighted by Crippen LogP contribution is 2.29. The van der Waals surface area contributed by atoms with Crippen LogP contribution in [0.3, 0.4) is 0 Å². The first-order valence-corrected chi connectivity index (χ1v) is 6.95. The van der Waals surface area contributed by atoms with Crippen LogP contribution in [-0.2, 0) is 6.42 Å². The van der Waals surface area contributed by atoms with Crippen LogP contribution in [0.25, 0.3) is 0 Å². The smallest absolute Gasteiger partial charge is 0.340 e. The summed E-state index contributed by atoms with van der Waals surface area (Å²) in [4.78, 5) is 11.2. The van der Waals surface area contributed by atoms with E-state index >= 15 is 0 Å². The summed E-state index contributed by atoms with van der Waals surface area (Å²) in [6.07, 6.45) is 2.01. The van der Waals surface area contributed by atoms with E-state index in [4.69, 9.17) is 0 Å². The number of aromatic nitrogens is 1. The maximum Gasteiger partial charge on any atom is 0.340 e. The molecule has 1 heterocycles. The largest absolute Gasteiger partial charge is 0.478 e. The monoisotopic (exact) mass is 276 g/mol. The quantitative estimate of drug-likeness (QED) is 0.870. The van der Waals surface area contributed by atoms with Crippen LogP contribution in [0.2, 0.25) is 0 Å². The van der Waals surface area contributed by atoms with Crippen molar-refractivity contribution in [2.24, 2.45) is 0 Å². The second-order valence-corrected chi connectivity index (χ2v) is 5.08. The molecule has 19 heavy (non-hydrogen) atoms. The molecule has 0 unspecified atom stereocenters. The summed E-state index contributed by atoms with van der Waals surface area (Å²) in [6.45, 7) is 3.83. The summed E-state index contributed by atoms with van der Waals surface area (Å²) in [6, 6.07) is 7.95. The Morgan fingerprint density at radius 1 is 1.42 bits per heavy atom. The van der Waals surface area contributed by atoms with Crippen molar-refractivity contribution in [3.8, 4) is 0 Å². The zero-order chi connectivity index (χ0) is 13.8. The van der Waals surface area contributed by atoms with Gasteiger partial charge in [0, 0.05) is 5.69 Å². The van der Waals surface area contributed by atoms with E-state index in [9.17, 15) is 9.90 Å². The van der Waals surface area contributed by atoms with Gasteiger partial charge in [-0.15, -0.1) is 0 Å². The summed E-state index contributed by atoms with van der Waals surface area (Å²) >= 11 is 1.18. The van der Waals surface area contributed by atoms with Crippen molar-refractivity contribution in [3.05, 3.63) is 41.1 Å². The van der Waals surface area contributed by atoms with Gasteiger partial charge in [0.1, 0.15) is 10.6 Å². The number of anilines is 2. The molecule has 0 amide bonds. The van der Waals surface area contributed by atoms with Gasteiger partial charge in [-0.2, -0.15) is 4.37 Å². The molecule has 4 nitrogen and oxygen atoms in total. The van der Waals surface area contributed by atoms with Crippen LogP contribution < -0.4 is 5.32 Å². The number of aromatic carboxylic acids is 1. The topological polar surface area (TPSA) is 62.2 Å². The lowest BCUT2D eigenvalue weighted by atomic mass is 10.1. The fourth-order valence-electron chi connectivity index (χ4n) is 1.96. The van der Waals surface area contributed by atoms with E-state index in [2.05, 4.69) is 22.7 Å². The van der Waals surface area contributed by atoms with Crippen LogP contribution in [0.4, 0.5) is 10.7 Å². The van der Waals surface area contributed by atoms with Crippen molar-refractivity contribution in [2.75, 3.05) is 5.32 Å². The highest BCUT2D eigenvalue weighted by atomic mass is 32.1. The highest BCUT2D eigenvalue weighted by Gasteiger charge is 2.18. The summed E-state index contributed by atoms with van der Waals surface area (Å²) in [5.74, 6) is -0.943. The van der Waals surface area contributed by atoms with Crippen LogP contribution >= 0.6 is 11.5 Å². The molecule has 0 spiro atoms.